The van der Waals surface area contributed by atoms with Crippen LogP contribution in [0.5, 0.6) is 23.0 Å². The highest BCUT2D eigenvalue weighted by atomic mass is 16.5. The number of pyridine rings is 2. The minimum absolute atomic E-state index is 0.692. The van der Waals surface area contributed by atoms with Gasteiger partial charge < -0.3 is 18.9 Å². The van der Waals surface area contributed by atoms with Crippen molar-refractivity contribution in [2.45, 2.75) is 13.8 Å². The number of aryl methyl sites for hydroxylation is 2. The van der Waals surface area contributed by atoms with Gasteiger partial charge in [0.05, 0.1) is 28.4 Å². The van der Waals surface area contributed by atoms with E-state index in [9.17, 15) is 0 Å². The van der Waals surface area contributed by atoms with Crippen molar-refractivity contribution in [2.75, 3.05) is 28.4 Å². The minimum Gasteiger partial charge on any atom is -0.496 e. The molecule has 0 saturated heterocycles. The predicted molar refractivity (Wildman–Crippen MR) is 220 cm³/mol. The zero-order valence-corrected chi connectivity index (χ0v) is 31.2. The number of nitrogens with zero attached hydrogens (tertiary/aromatic N) is 2. The van der Waals surface area contributed by atoms with Crippen LogP contribution in [0.4, 0.5) is 0 Å². The molecule has 54 heavy (non-hydrogen) atoms. The Morgan fingerprint density at radius 2 is 0.796 bits per heavy atom. The van der Waals surface area contributed by atoms with Crippen LogP contribution < -0.4 is 18.9 Å². The summed E-state index contributed by atoms with van der Waals surface area (Å²) in [5.74, 6) is 2.87. The van der Waals surface area contributed by atoms with Crippen LogP contribution >= 0.6 is 0 Å². The van der Waals surface area contributed by atoms with E-state index >= 15 is 0 Å². The van der Waals surface area contributed by atoms with Crippen LogP contribution in [0.25, 0.3) is 77.2 Å². The third-order valence-corrected chi connectivity index (χ3v) is 10.1. The number of fused-ring (bicyclic) bond motifs is 2. The second-order valence-electron chi connectivity index (χ2n) is 13.4. The van der Waals surface area contributed by atoms with Crippen molar-refractivity contribution >= 4 is 21.5 Å². The molecule has 0 spiro atoms. The standard InChI is InChI=1S/C48H40N2O4/c1-29-11-7-13-31(23-29)37-25-39(47(53-5)45-35(33-15-9-21-49-27-33)17-19-41(51-3)43(37)45)40-26-38(32-14-8-12-30(2)24-32)44-42(52-4)20-18-36(46(44)48(40)54-6)34-16-10-22-50-28-34/h7-28H,1-6H3. The van der Waals surface area contributed by atoms with Crippen molar-refractivity contribution in [1.29, 1.82) is 0 Å². The van der Waals surface area contributed by atoms with Crippen LogP contribution in [-0.4, -0.2) is 38.4 Å². The number of methoxy groups -OCH3 is 4. The average Bonchev–Trinajstić information content (AvgIpc) is 3.22. The van der Waals surface area contributed by atoms with Crippen molar-refractivity contribution < 1.29 is 18.9 Å². The molecular weight excluding hydrogens is 669 g/mol. The molecule has 0 fully saturated rings. The van der Waals surface area contributed by atoms with Crippen LogP contribution in [0, 0.1) is 13.8 Å². The van der Waals surface area contributed by atoms with Crippen LogP contribution in [-0.2, 0) is 0 Å². The fraction of sp³-hybridized carbons (Fsp3) is 0.125. The van der Waals surface area contributed by atoms with Crippen molar-refractivity contribution in [3.05, 3.63) is 145 Å². The van der Waals surface area contributed by atoms with E-state index in [1.807, 2.05) is 36.7 Å². The topological polar surface area (TPSA) is 62.7 Å². The predicted octanol–water partition coefficient (Wildman–Crippen LogP) is 11.8. The van der Waals surface area contributed by atoms with Crippen molar-refractivity contribution in [3.8, 4) is 78.6 Å². The van der Waals surface area contributed by atoms with Crippen LogP contribution in [0.3, 0.4) is 0 Å². The Kier molecular flexibility index (Phi) is 9.18. The van der Waals surface area contributed by atoms with Crippen molar-refractivity contribution in [2.24, 2.45) is 0 Å². The Morgan fingerprint density at radius 3 is 1.15 bits per heavy atom. The SMILES string of the molecule is COc1ccc(-c2cccnc2)c2c(OC)c(-c3cc(-c4cccc(C)c4)c4c(OC)ccc(-c5cccnc5)c4c3OC)cc(-c3cccc(C)c3)c12. The van der Waals surface area contributed by atoms with E-state index in [0.29, 0.717) is 11.5 Å². The Balaban J connectivity index is 1.62. The number of ether oxygens (including phenoxy) is 4. The van der Waals surface area contributed by atoms with Crippen molar-refractivity contribution in [3.63, 3.8) is 0 Å². The molecule has 266 valence electrons. The lowest BCUT2D eigenvalue weighted by molar-refractivity contribution is 0.413. The smallest absolute Gasteiger partial charge is 0.135 e. The fourth-order valence-corrected chi connectivity index (χ4v) is 7.78. The molecule has 8 rings (SSSR count). The first-order chi connectivity index (χ1) is 26.4. The lowest BCUT2D eigenvalue weighted by atomic mass is 9.84. The van der Waals surface area contributed by atoms with Gasteiger partial charge in [0, 0.05) is 68.6 Å². The molecule has 2 heterocycles. The first-order valence-corrected chi connectivity index (χ1v) is 17.8. The minimum atomic E-state index is 0.692. The second kappa shape index (κ2) is 14.4. The highest BCUT2D eigenvalue weighted by Crippen LogP contribution is 2.55. The summed E-state index contributed by atoms with van der Waals surface area (Å²) in [4.78, 5) is 9.00. The summed E-state index contributed by atoms with van der Waals surface area (Å²) >= 11 is 0. The highest BCUT2D eigenvalue weighted by molar-refractivity contribution is 6.18. The molecule has 0 N–H and O–H groups in total. The maximum atomic E-state index is 6.56. The highest BCUT2D eigenvalue weighted by Gasteiger charge is 2.27. The summed E-state index contributed by atoms with van der Waals surface area (Å²) in [5.41, 5.74) is 12.0. The normalized spacial score (nSPS) is 11.1. The number of benzene rings is 6. The number of hydrogen-bond donors (Lipinski definition) is 0. The maximum absolute atomic E-state index is 6.56. The quantitative estimate of drug-likeness (QED) is 0.149. The number of aromatic nitrogens is 2. The average molecular weight is 709 g/mol. The Hall–Kier alpha value is -6.66. The molecule has 8 aromatic rings. The zero-order chi connectivity index (χ0) is 37.3. The first-order valence-electron chi connectivity index (χ1n) is 17.8. The van der Waals surface area contributed by atoms with Gasteiger partial charge in [-0.2, -0.15) is 0 Å². The molecule has 6 heteroatoms. The summed E-state index contributed by atoms with van der Waals surface area (Å²) in [6.45, 7) is 4.23. The monoisotopic (exact) mass is 708 g/mol. The van der Waals surface area contributed by atoms with Gasteiger partial charge >= 0.3 is 0 Å². The molecule has 6 nitrogen and oxygen atoms in total. The van der Waals surface area contributed by atoms with E-state index in [1.54, 1.807) is 40.8 Å². The van der Waals surface area contributed by atoms with E-state index in [-0.39, 0.29) is 0 Å². The third kappa shape index (κ3) is 5.86. The molecule has 0 bridgehead atoms. The summed E-state index contributed by atoms with van der Waals surface area (Å²) < 4.78 is 25.4. The van der Waals surface area contributed by atoms with Crippen LogP contribution in [0.2, 0.25) is 0 Å². The molecule has 0 amide bonds. The second-order valence-corrected chi connectivity index (χ2v) is 13.4. The Morgan fingerprint density at radius 1 is 0.370 bits per heavy atom. The van der Waals surface area contributed by atoms with Gasteiger partial charge in [0.1, 0.15) is 23.0 Å². The lowest BCUT2D eigenvalue weighted by Crippen LogP contribution is -2.00. The Bertz CT molecular complexity index is 2490. The van der Waals surface area contributed by atoms with Gasteiger partial charge in [0.25, 0.3) is 0 Å². The third-order valence-electron chi connectivity index (χ3n) is 10.1. The summed E-state index contributed by atoms with van der Waals surface area (Å²) in [5, 5.41) is 3.72. The van der Waals surface area contributed by atoms with Crippen molar-refractivity contribution in [1.82, 2.24) is 9.97 Å². The molecule has 2 aromatic heterocycles. The molecule has 0 radical (unpaired) electrons. The molecule has 6 aromatic carbocycles. The molecule has 0 aliphatic rings. The molecular formula is C48H40N2O4. The fourth-order valence-electron chi connectivity index (χ4n) is 7.78. The van der Waals surface area contributed by atoms with E-state index in [2.05, 4.69) is 109 Å². The summed E-state index contributed by atoms with van der Waals surface area (Å²) in [7, 11) is 6.89. The van der Waals surface area contributed by atoms with E-state index < -0.39 is 0 Å². The van der Waals surface area contributed by atoms with Crippen LogP contribution in [0.1, 0.15) is 11.1 Å². The molecule has 0 aliphatic carbocycles. The van der Waals surface area contributed by atoms with E-state index in [1.165, 1.54) is 0 Å². The molecule has 0 atom stereocenters. The Labute approximate surface area is 315 Å². The molecule has 0 saturated carbocycles. The van der Waals surface area contributed by atoms with Crippen LogP contribution in [0.15, 0.2) is 134 Å². The largest absolute Gasteiger partial charge is 0.496 e. The number of rotatable bonds is 9. The maximum Gasteiger partial charge on any atom is 0.135 e. The van der Waals surface area contributed by atoms with Gasteiger partial charge in [-0.15, -0.1) is 0 Å². The van der Waals surface area contributed by atoms with Gasteiger partial charge in [-0.05, 0) is 95.8 Å². The van der Waals surface area contributed by atoms with Gasteiger partial charge in [0.2, 0.25) is 0 Å². The molecule has 0 aliphatic heterocycles. The first kappa shape index (κ1) is 34.4. The zero-order valence-electron chi connectivity index (χ0n) is 31.2. The summed E-state index contributed by atoms with van der Waals surface area (Å²) in [6, 6.07) is 37.9. The van der Waals surface area contributed by atoms with E-state index in [4.69, 9.17) is 18.9 Å². The van der Waals surface area contributed by atoms with E-state index in [0.717, 1.165) is 99.8 Å². The number of hydrogen-bond acceptors (Lipinski definition) is 6. The molecule has 0 unspecified atom stereocenters. The van der Waals surface area contributed by atoms with Gasteiger partial charge in [-0.25, -0.2) is 0 Å². The van der Waals surface area contributed by atoms with Gasteiger partial charge in [-0.1, -0.05) is 71.8 Å². The lowest BCUT2D eigenvalue weighted by Gasteiger charge is -2.24. The van der Waals surface area contributed by atoms with Gasteiger partial charge in [-0.3, -0.25) is 9.97 Å². The summed E-state index contributed by atoms with van der Waals surface area (Å²) in [6.07, 6.45) is 7.35. The van der Waals surface area contributed by atoms with Gasteiger partial charge in [0.15, 0.2) is 0 Å².